The standard InChI is InChI=1S/C16H20F2N2O/c1-10-13(8-11-4-3-7-20(11)2)14-9-12(21-16(17)18)5-6-15(14)19-10/h5-6,9,11,16,19H,3-4,7-8H2,1-2H3/t11-/m1/s1/i2D3. The van der Waals surface area contributed by atoms with Crippen LogP contribution in [0.2, 0.25) is 0 Å². The molecule has 1 fully saturated rings. The Bertz CT molecular complexity index is 730. The highest BCUT2D eigenvalue weighted by molar-refractivity contribution is 5.86. The fourth-order valence-electron chi connectivity index (χ4n) is 3.08. The zero-order valence-corrected chi connectivity index (χ0v) is 11.8. The number of halogens is 2. The lowest BCUT2D eigenvalue weighted by atomic mass is 10.0. The van der Waals surface area contributed by atoms with E-state index in [0.29, 0.717) is 13.0 Å². The minimum atomic E-state index is -2.87. The van der Waals surface area contributed by atoms with Gasteiger partial charge in [0.1, 0.15) is 5.75 Å². The third-order valence-corrected chi connectivity index (χ3v) is 4.13. The normalized spacial score (nSPS) is 22.5. The van der Waals surface area contributed by atoms with Crippen molar-refractivity contribution in [2.45, 2.75) is 38.8 Å². The van der Waals surface area contributed by atoms with E-state index in [9.17, 15) is 8.78 Å². The summed E-state index contributed by atoms with van der Waals surface area (Å²) in [7, 11) is 0. The molecule has 1 aromatic carbocycles. The summed E-state index contributed by atoms with van der Waals surface area (Å²) in [4.78, 5) is 4.79. The fourth-order valence-corrected chi connectivity index (χ4v) is 3.08. The maximum Gasteiger partial charge on any atom is 0.387 e. The SMILES string of the molecule is [2H]C([2H])([2H])N1CCC[C@@H]1Cc1c(C)[nH]c2ccc(OC(F)F)cc12. The van der Waals surface area contributed by atoms with E-state index < -0.39 is 13.6 Å². The summed E-state index contributed by atoms with van der Waals surface area (Å²) < 4.78 is 52.4. The highest BCUT2D eigenvalue weighted by Gasteiger charge is 2.23. The third-order valence-electron chi connectivity index (χ3n) is 4.13. The fraction of sp³-hybridized carbons (Fsp3) is 0.500. The summed E-state index contributed by atoms with van der Waals surface area (Å²) in [6.45, 7) is -2.50. The van der Waals surface area contributed by atoms with Crippen LogP contribution in [0.1, 0.15) is 28.2 Å². The van der Waals surface area contributed by atoms with Gasteiger partial charge in [0.15, 0.2) is 0 Å². The van der Waals surface area contributed by atoms with Crippen molar-refractivity contribution in [1.29, 1.82) is 0 Å². The lowest BCUT2D eigenvalue weighted by molar-refractivity contribution is -0.0497. The molecule has 1 aromatic heterocycles. The lowest BCUT2D eigenvalue weighted by Crippen LogP contribution is -2.26. The zero-order chi connectivity index (χ0) is 17.5. The Kier molecular flexibility index (Phi) is 2.96. The molecule has 3 rings (SSSR count). The molecule has 0 aliphatic carbocycles. The van der Waals surface area contributed by atoms with Crippen LogP contribution in [0.25, 0.3) is 10.9 Å². The van der Waals surface area contributed by atoms with Gasteiger partial charge in [-0.3, -0.25) is 0 Å². The maximum absolute atomic E-state index is 12.4. The number of aromatic nitrogens is 1. The number of alkyl halides is 2. The van der Waals surface area contributed by atoms with Crippen LogP contribution in [0.15, 0.2) is 18.2 Å². The predicted molar refractivity (Wildman–Crippen MR) is 79.0 cm³/mol. The van der Waals surface area contributed by atoms with Crippen LogP contribution >= 0.6 is 0 Å². The number of likely N-dealkylation sites (N-methyl/N-ethyl adjacent to an activating group) is 1. The number of rotatable bonds is 4. The van der Waals surface area contributed by atoms with Gasteiger partial charge in [0.25, 0.3) is 0 Å². The van der Waals surface area contributed by atoms with Crippen molar-refractivity contribution in [2.75, 3.05) is 13.5 Å². The summed E-state index contributed by atoms with van der Waals surface area (Å²) >= 11 is 0. The molecular formula is C16H20F2N2O. The topological polar surface area (TPSA) is 28.3 Å². The van der Waals surface area contributed by atoms with Crippen molar-refractivity contribution in [3.05, 3.63) is 29.5 Å². The number of nitrogens with zero attached hydrogens (tertiary/aromatic N) is 1. The third kappa shape index (κ3) is 2.88. The molecule has 5 heteroatoms. The van der Waals surface area contributed by atoms with Gasteiger partial charge in [-0.1, -0.05) is 0 Å². The molecule has 1 N–H and O–H groups in total. The number of hydrogen-bond acceptors (Lipinski definition) is 2. The van der Waals surface area contributed by atoms with Crippen LogP contribution in [0.4, 0.5) is 8.78 Å². The van der Waals surface area contributed by atoms with Gasteiger partial charge in [-0.05, 0) is 63.5 Å². The van der Waals surface area contributed by atoms with E-state index in [0.717, 1.165) is 35.0 Å². The number of hydrogen-bond donors (Lipinski definition) is 1. The van der Waals surface area contributed by atoms with E-state index >= 15 is 0 Å². The summed E-state index contributed by atoms with van der Waals surface area (Å²) in [5, 5.41) is 0.808. The Morgan fingerprint density at radius 1 is 1.52 bits per heavy atom. The van der Waals surface area contributed by atoms with E-state index in [1.165, 1.54) is 6.07 Å². The van der Waals surface area contributed by atoms with Gasteiger partial charge < -0.3 is 14.6 Å². The van der Waals surface area contributed by atoms with Crippen molar-refractivity contribution in [1.82, 2.24) is 9.88 Å². The van der Waals surface area contributed by atoms with Gasteiger partial charge in [-0.25, -0.2) is 0 Å². The van der Waals surface area contributed by atoms with E-state index in [-0.39, 0.29) is 11.8 Å². The Balaban J connectivity index is 1.92. The second kappa shape index (κ2) is 5.64. The quantitative estimate of drug-likeness (QED) is 0.931. The smallest absolute Gasteiger partial charge is 0.387 e. The van der Waals surface area contributed by atoms with Crippen LogP contribution in [-0.4, -0.2) is 36.1 Å². The number of likely N-dealkylation sites (tertiary alicyclic amines) is 1. The average molecular weight is 297 g/mol. The van der Waals surface area contributed by atoms with Crippen molar-refractivity contribution in [3.8, 4) is 5.75 Å². The lowest BCUT2D eigenvalue weighted by Gasteiger charge is -2.19. The molecule has 21 heavy (non-hydrogen) atoms. The molecule has 0 saturated carbocycles. The average Bonchev–Trinajstić information content (AvgIpc) is 3.04. The van der Waals surface area contributed by atoms with E-state index in [2.05, 4.69) is 9.72 Å². The number of H-pyrrole nitrogens is 1. The van der Waals surface area contributed by atoms with E-state index in [1.54, 1.807) is 17.0 Å². The largest absolute Gasteiger partial charge is 0.435 e. The zero-order valence-electron chi connectivity index (χ0n) is 14.8. The molecule has 3 nitrogen and oxygen atoms in total. The highest BCUT2D eigenvalue weighted by atomic mass is 19.3. The summed E-state index contributed by atoms with van der Waals surface area (Å²) in [6, 6.07) is 4.72. The second-order valence-corrected chi connectivity index (χ2v) is 5.51. The minimum Gasteiger partial charge on any atom is -0.435 e. The van der Waals surface area contributed by atoms with Gasteiger partial charge in [0.05, 0.1) is 0 Å². The first-order chi connectivity index (χ1) is 11.3. The van der Waals surface area contributed by atoms with Gasteiger partial charge in [-0.15, -0.1) is 0 Å². The molecule has 2 heterocycles. The first kappa shape index (κ1) is 11.0. The van der Waals surface area contributed by atoms with Crippen molar-refractivity contribution < 1.29 is 17.6 Å². The first-order valence-electron chi connectivity index (χ1n) is 8.58. The van der Waals surface area contributed by atoms with Crippen molar-refractivity contribution >= 4 is 10.9 Å². The minimum absolute atomic E-state index is 0.0742. The number of aryl methyl sites for hydroxylation is 1. The van der Waals surface area contributed by atoms with E-state index in [4.69, 9.17) is 4.11 Å². The Morgan fingerprint density at radius 3 is 3.14 bits per heavy atom. The first-order valence-corrected chi connectivity index (χ1v) is 7.08. The molecule has 2 aromatic rings. The molecule has 0 radical (unpaired) electrons. The molecule has 0 unspecified atom stereocenters. The van der Waals surface area contributed by atoms with E-state index in [1.807, 2.05) is 6.92 Å². The molecule has 1 aliphatic rings. The summed E-state index contributed by atoms with van der Waals surface area (Å²) in [5.74, 6) is 0.108. The number of fused-ring (bicyclic) bond motifs is 1. The Labute approximate surface area is 127 Å². The molecule has 0 amide bonds. The van der Waals surface area contributed by atoms with Crippen LogP contribution in [-0.2, 0) is 6.42 Å². The van der Waals surface area contributed by atoms with Gasteiger partial charge in [0, 0.05) is 26.8 Å². The summed E-state index contributed by atoms with van der Waals surface area (Å²) in [6.07, 6.45) is 2.24. The van der Waals surface area contributed by atoms with Gasteiger partial charge >= 0.3 is 6.61 Å². The van der Waals surface area contributed by atoms with Gasteiger partial charge in [0.2, 0.25) is 0 Å². The van der Waals surface area contributed by atoms with Gasteiger partial charge in [-0.2, -0.15) is 8.78 Å². The second-order valence-electron chi connectivity index (χ2n) is 5.51. The van der Waals surface area contributed by atoms with Crippen LogP contribution in [0, 0.1) is 6.92 Å². The van der Waals surface area contributed by atoms with Crippen molar-refractivity contribution in [3.63, 3.8) is 0 Å². The Morgan fingerprint density at radius 2 is 2.38 bits per heavy atom. The van der Waals surface area contributed by atoms with Crippen LogP contribution in [0.3, 0.4) is 0 Å². The number of ether oxygens (including phenoxy) is 1. The van der Waals surface area contributed by atoms with Crippen LogP contribution < -0.4 is 4.74 Å². The molecule has 1 saturated heterocycles. The molecule has 1 atom stereocenters. The molecule has 1 aliphatic heterocycles. The maximum atomic E-state index is 12.4. The monoisotopic (exact) mass is 297 g/mol. The molecule has 114 valence electrons. The number of aromatic amines is 1. The summed E-state index contributed by atoms with van der Waals surface area (Å²) in [5.41, 5.74) is 2.73. The molecule has 0 spiro atoms. The Hall–Kier alpha value is -1.62. The molecular weight excluding hydrogens is 274 g/mol. The highest BCUT2D eigenvalue weighted by Crippen LogP contribution is 2.30. The van der Waals surface area contributed by atoms with Crippen molar-refractivity contribution in [2.24, 2.45) is 0 Å². The predicted octanol–water partition coefficient (Wildman–Crippen LogP) is 3.71. The number of benzene rings is 1. The van der Waals surface area contributed by atoms with Crippen LogP contribution in [0.5, 0.6) is 5.75 Å². The molecule has 0 bridgehead atoms. The number of nitrogens with one attached hydrogen (secondary N) is 1.